The average Bonchev–Trinajstić information content (AvgIpc) is 2.80. The topological polar surface area (TPSA) is 48.4 Å². The number of pyridine rings is 1. The molecule has 6 heteroatoms. The van der Waals surface area contributed by atoms with Crippen molar-refractivity contribution in [2.45, 2.75) is 19.8 Å². The molecular formula is C24H30N6. The standard InChI is InChI=1S/C24H30N6/c1-19-24(27-22-9-3-2-8-21(22)26-19)30-12-6-7-20(18-30)17-28-13-15-29(16-14-28)23-10-4-5-11-25-23/h2-5,8-11,20H,6-7,12-18H2,1H3. The van der Waals surface area contributed by atoms with Crippen molar-refractivity contribution in [2.24, 2.45) is 5.92 Å². The van der Waals surface area contributed by atoms with Crippen LogP contribution in [0.1, 0.15) is 18.5 Å². The van der Waals surface area contributed by atoms with Crippen molar-refractivity contribution in [1.29, 1.82) is 0 Å². The Morgan fingerprint density at radius 2 is 1.63 bits per heavy atom. The molecule has 0 aliphatic carbocycles. The number of aryl methyl sites for hydroxylation is 1. The van der Waals surface area contributed by atoms with Gasteiger partial charge in [0.1, 0.15) is 5.82 Å². The van der Waals surface area contributed by atoms with Gasteiger partial charge in [-0.1, -0.05) is 18.2 Å². The first kappa shape index (κ1) is 19.2. The molecule has 4 heterocycles. The van der Waals surface area contributed by atoms with E-state index >= 15 is 0 Å². The fraction of sp³-hybridized carbons (Fsp3) is 0.458. The maximum atomic E-state index is 4.96. The average molecular weight is 403 g/mol. The van der Waals surface area contributed by atoms with Gasteiger partial charge in [-0.3, -0.25) is 4.90 Å². The van der Waals surface area contributed by atoms with Crippen molar-refractivity contribution < 1.29 is 0 Å². The van der Waals surface area contributed by atoms with E-state index in [0.717, 1.165) is 67.6 Å². The molecule has 2 aliphatic heterocycles. The molecule has 2 aliphatic rings. The summed E-state index contributed by atoms with van der Waals surface area (Å²) in [5.41, 5.74) is 3.02. The molecule has 2 aromatic heterocycles. The van der Waals surface area contributed by atoms with Crippen molar-refractivity contribution in [3.05, 3.63) is 54.4 Å². The number of fused-ring (bicyclic) bond motifs is 1. The lowest BCUT2D eigenvalue weighted by molar-refractivity contribution is 0.205. The van der Waals surface area contributed by atoms with E-state index in [-0.39, 0.29) is 0 Å². The molecule has 1 atom stereocenters. The molecular weight excluding hydrogens is 372 g/mol. The lowest BCUT2D eigenvalue weighted by atomic mass is 9.97. The number of anilines is 2. The van der Waals surface area contributed by atoms with Crippen molar-refractivity contribution >= 4 is 22.7 Å². The number of benzene rings is 1. The number of para-hydroxylation sites is 2. The molecule has 1 unspecified atom stereocenters. The van der Waals surface area contributed by atoms with Gasteiger partial charge in [0, 0.05) is 52.0 Å². The van der Waals surface area contributed by atoms with Gasteiger partial charge in [-0.15, -0.1) is 0 Å². The van der Waals surface area contributed by atoms with E-state index < -0.39 is 0 Å². The Morgan fingerprint density at radius 3 is 2.40 bits per heavy atom. The third kappa shape index (κ3) is 4.10. The molecule has 0 N–H and O–H groups in total. The molecule has 2 fully saturated rings. The number of piperidine rings is 1. The fourth-order valence-corrected chi connectivity index (χ4v) is 4.85. The maximum Gasteiger partial charge on any atom is 0.150 e. The molecule has 0 radical (unpaired) electrons. The minimum atomic E-state index is 0.688. The maximum absolute atomic E-state index is 4.96. The molecule has 0 amide bonds. The second kappa shape index (κ2) is 8.56. The second-order valence-corrected chi connectivity index (χ2v) is 8.55. The molecule has 6 nitrogen and oxygen atoms in total. The van der Waals surface area contributed by atoms with Crippen LogP contribution in [0.4, 0.5) is 11.6 Å². The highest BCUT2D eigenvalue weighted by Gasteiger charge is 2.26. The predicted molar refractivity (Wildman–Crippen MR) is 122 cm³/mol. The Hall–Kier alpha value is -2.73. The van der Waals surface area contributed by atoms with E-state index in [2.05, 4.69) is 44.8 Å². The van der Waals surface area contributed by atoms with Gasteiger partial charge < -0.3 is 9.80 Å². The fourth-order valence-electron chi connectivity index (χ4n) is 4.85. The second-order valence-electron chi connectivity index (χ2n) is 8.55. The largest absolute Gasteiger partial charge is 0.355 e. The summed E-state index contributed by atoms with van der Waals surface area (Å²) >= 11 is 0. The first-order valence-corrected chi connectivity index (χ1v) is 11.1. The zero-order valence-electron chi connectivity index (χ0n) is 17.7. The van der Waals surface area contributed by atoms with Crippen molar-refractivity contribution in [1.82, 2.24) is 19.9 Å². The number of nitrogens with zero attached hydrogens (tertiary/aromatic N) is 6. The summed E-state index contributed by atoms with van der Waals surface area (Å²) in [6.45, 7) is 9.77. The van der Waals surface area contributed by atoms with Crippen molar-refractivity contribution in [3.8, 4) is 0 Å². The Bertz CT molecular complexity index is 983. The smallest absolute Gasteiger partial charge is 0.150 e. The molecule has 2 saturated heterocycles. The zero-order chi connectivity index (χ0) is 20.3. The first-order valence-electron chi connectivity index (χ1n) is 11.1. The van der Waals surface area contributed by atoms with Crippen LogP contribution in [0.2, 0.25) is 0 Å². The summed E-state index contributed by atoms with van der Waals surface area (Å²) in [4.78, 5) is 21.8. The summed E-state index contributed by atoms with van der Waals surface area (Å²) in [6.07, 6.45) is 4.42. The van der Waals surface area contributed by atoms with Gasteiger partial charge in [-0.25, -0.2) is 15.0 Å². The molecule has 0 bridgehead atoms. The Labute approximate surface area is 178 Å². The van der Waals surface area contributed by atoms with E-state index in [4.69, 9.17) is 9.97 Å². The number of aromatic nitrogens is 3. The van der Waals surface area contributed by atoms with Crippen LogP contribution in [0.5, 0.6) is 0 Å². The van der Waals surface area contributed by atoms with Crippen LogP contribution in [0.3, 0.4) is 0 Å². The van der Waals surface area contributed by atoms with Crippen LogP contribution in [-0.2, 0) is 0 Å². The minimum Gasteiger partial charge on any atom is -0.355 e. The van der Waals surface area contributed by atoms with Crippen LogP contribution < -0.4 is 9.80 Å². The molecule has 5 rings (SSSR count). The van der Waals surface area contributed by atoms with Gasteiger partial charge >= 0.3 is 0 Å². The van der Waals surface area contributed by atoms with Crippen LogP contribution >= 0.6 is 0 Å². The van der Waals surface area contributed by atoms with E-state index in [1.165, 1.54) is 19.4 Å². The van der Waals surface area contributed by atoms with Crippen LogP contribution in [0, 0.1) is 12.8 Å². The highest BCUT2D eigenvalue weighted by atomic mass is 15.3. The summed E-state index contributed by atoms with van der Waals surface area (Å²) < 4.78 is 0. The SMILES string of the molecule is Cc1nc2ccccc2nc1N1CCCC(CN2CCN(c3ccccn3)CC2)C1. The van der Waals surface area contributed by atoms with Crippen LogP contribution in [0.25, 0.3) is 11.0 Å². The highest BCUT2D eigenvalue weighted by molar-refractivity contribution is 5.76. The molecule has 1 aromatic carbocycles. The minimum absolute atomic E-state index is 0.688. The normalized spacial score (nSPS) is 20.6. The van der Waals surface area contributed by atoms with Gasteiger partial charge in [0.15, 0.2) is 5.82 Å². The first-order chi connectivity index (χ1) is 14.8. The number of piperazine rings is 1. The number of hydrogen-bond acceptors (Lipinski definition) is 6. The van der Waals surface area contributed by atoms with E-state index in [1.54, 1.807) is 0 Å². The lowest BCUT2D eigenvalue weighted by Crippen LogP contribution is -2.50. The summed E-state index contributed by atoms with van der Waals surface area (Å²) in [7, 11) is 0. The highest BCUT2D eigenvalue weighted by Crippen LogP contribution is 2.26. The summed E-state index contributed by atoms with van der Waals surface area (Å²) in [5, 5.41) is 0. The summed E-state index contributed by atoms with van der Waals surface area (Å²) in [5.74, 6) is 2.86. The Morgan fingerprint density at radius 1 is 0.867 bits per heavy atom. The molecule has 156 valence electrons. The van der Waals surface area contributed by atoms with Crippen LogP contribution in [-0.4, -0.2) is 65.7 Å². The number of rotatable bonds is 4. The van der Waals surface area contributed by atoms with Gasteiger partial charge in [0.2, 0.25) is 0 Å². The quantitative estimate of drug-likeness (QED) is 0.667. The third-order valence-corrected chi connectivity index (χ3v) is 6.40. The van der Waals surface area contributed by atoms with Gasteiger partial charge in [-0.2, -0.15) is 0 Å². The zero-order valence-corrected chi connectivity index (χ0v) is 17.7. The summed E-state index contributed by atoms with van der Waals surface area (Å²) in [6, 6.07) is 14.3. The van der Waals surface area contributed by atoms with Gasteiger partial charge in [0.25, 0.3) is 0 Å². The van der Waals surface area contributed by atoms with E-state index in [0.29, 0.717) is 5.92 Å². The van der Waals surface area contributed by atoms with E-state index in [9.17, 15) is 0 Å². The molecule has 0 spiro atoms. The van der Waals surface area contributed by atoms with Crippen molar-refractivity contribution in [2.75, 3.05) is 55.6 Å². The molecule has 0 saturated carbocycles. The van der Waals surface area contributed by atoms with Gasteiger partial charge in [0.05, 0.1) is 16.7 Å². The van der Waals surface area contributed by atoms with Gasteiger partial charge in [-0.05, 0) is 49.9 Å². The number of hydrogen-bond donors (Lipinski definition) is 0. The molecule has 30 heavy (non-hydrogen) atoms. The monoisotopic (exact) mass is 402 g/mol. The molecule has 3 aromatic rings. The van der Waals surface area contributed by atoms with E-state index in [1.807, 2.05) is 30.5 Å². The van der Waals surface area contributed by atoms with Crippen LogP contribution in [0.15, 0.2) is 48.7 Å². The Kier molecular flexibility index (Phi) is 5.49. The van der Waals surface area contributed by atoms with Crippen molar-refractivity contribution in [3.63, 3.8) is 0 Å². The Balaban J connectivity index is 1.21. The lowest BCUT2D eigenvalue weighted by Gasteiger charge is -2.40. The third-order valence-electron chi connectivity index (χ3n) is 6.40. The predicted octanol–water partition coefficient (Wildman–Crippen LogP) is 3.37.